The molecule has 19 heavy (non-hydrogen) atoms. The predicted molar refractivity (Wildman–Crippen MR) is 81.8 cm³/mol. The maximum Gasteiger partial charge on any atom is 0.0628 e. The second kappa shape index (κ2) is 12.9. The maximum absolute atomic E-state index is 5.33. The molecule has 4 nitrogen and oxygen atoms in total. The summed E-state index contributed by atoms with van der Waals surface area (Å²) in [5, 5.41) is 3.57. The Morgan fingerprint density at radius 1 is 1.05 bits per heavy atom. The van der Waals surface area contributed by atoms with Gasteiger partial charge in [-0.2, -0.15) is 0 Å². The molecule has 0 amide bonds. The van der Waals surface area contributed by atoms with Gasteiger partial charge in [0.1, 0.15) is 0 Å². The van der Waals surface area contributed by atoms with Crippen molar-refractivity contribution >= 4 is 0 Å². The first-order valence-corrected chi connectivity index (χ1v) is 7.68. The van der Waals surface area contributed by atoms with Gasteiger partial charge in [0.05, 0.1) is 13.2 Å². The second-order valence-electron chi connectivity index (χ2n) is 5.06. The summed E-state index contributed by atoms with van der Waals surface area (Å²) >= 11 is 0. The van der Waals surface area contributed by atoms with Crippen LogP contribution in [0, 0.1) is 0 Å². The number of ether oxygens (including phenoxy) is 2. The number of hydrogen-bond acceptors (Lipinski definition) is 4. The Morgan fingerprint density at radius 3 is 2.21 bits per heavy atom. The van der Waals surface area contributed by atoms with Gasteiger partial charge in [-0.25, -0.2) is 0 Å². The quantitative estimate of drug-likeness (QED) is 0.558. The second-order valence-corrected chi connectivity index (χ2v) is 5.06. The number of nitrogens with zero attached hydrogens (tertiary/aromatic N) is 1. The minimum Gasteiger partial charge on any atom is -0.383 e. The van der Waals surface area contributed by atoms with Crippen molar-refractivity contribution in [1.29, 1.82) is 0 Å². The number of methoxy groups -OCH3 is 2. The summed E-state index contributed by atoms with van der Waals surface area (Å²) in [6.45, 7) is 11.4. The molecular formula is C15H34N2O2. The summed E-state index contributed by atoms with van der Waals surface area (Å²) in [4.78, 5) is 2.54. The highest BCUT2D eigenvalue weighted by Crippen LogP contribution is 2.09. The highest BCUT2D eigenvalue weighted by atomic mass is 16.5. The first-order valence-electron chi connectivity index (χ1n) is 7.68. The summed E-state index contributed by atoms with van der Waals surface area (Å²) in [7, 11) is 3.55. The molecule has 1 atom stereocenters. The van der Waals surface area contributed by atoms with E-state index >= 15 is 0 Å². The summed E-state index contributed by atoms with van der Waals surface area (Å²) < 4.78 is 10.6. The third kappa shape index (κ3) is 8.58. The molecule has 0 bridgehead atoms. The summed E-state index contributed by atoms with van der Waals surface area (Å²) in [6.07, 6.45) is 3.53. The van der Waals surface area contributed by atoms with Gasteiger partial charge < -0.3 is 14.8 Å². The first kappa shape index (κ1) is 18.8. The van der Waals surface area contributed by atoms with Crippen molar-refractivity contribution in [2.75, 3.05) is 47.1 Å². The van der Waals surface area contributed by atoms with Gasteiger partial charge in [-0.1, -0.05) is 20.8 Å². The van der Waals surface area contributed by atoms with Crippen LogP contribution in [-0.2, 0) is 9.47 Å². The third-order valence-electron chi connectivity index (χ3n) is 3.55. The third-order valence-corrected chi connectivity index (χ3v) is 3.55. The Kier molecular flexibility index (Phi) is 12.7. The lowest BCUT2D eigenvalue weighted by Gasteiger charge is -2.33. The van der Waals surface area contributed by atoms with Crippen LogP contribution in [0.4, 0.5) is 0 Å². The molecule has 0 saturated carbocycles. The van der Waals surface area contributed by atoms with Crippen LogP contribution in [0.3, 0.4) is 0 Å². The van der Waals surface area contributed by atoms with E-state index in [2.05, 4.69) is 31.0 Å². The van der Waals surface area contributed by atoms with Crippen molar-refractivity contribution in [3.8, 4) is 0 Å². The molecule has 0 aliphatic carbocycles. The van der Waals surface area contributed by atoms with Crippen LogP contribution < -0.4 is 5.32 Å². The minimum atomic E-state index is 0.405. The van der Waals surface area contributed by atoms with Crippen LogP contribution in [0.25, 0.3) is 0 Å². The van der Waals surface area contributed by atoms with Gasteiger partial charge in [0.25, 0.3) is 0 Å². The molecule has 0 aliphatic rings. The molecule has 0 aromatic heterocycles. The average molecular weight is 274 g/mol. The molecule has 0 aromatic rings. The normalized spacial score (nSPS) is 13.4. The summed E-state index contributed by atoms with van der Waals surface area (Å²) in [5.74, 6) is 0. The monoisotopic (exact) mass is 274 g/mol. The van der Waals surface area contributed by atoms with E-state index in [1.54, 1.807) is 14.2 Å². The van der Waals surface area contributed by atoms with Gasteiger partial charge >= 0.3 is 0 Å². The van der Waals surface area contributed by atoms with Crippen molar-refractivity contribution in [3.05, 3.63) is 0 Å². The molecule has 4 heteroatoms. The fraction of sp³-hybridized carbons (Fsp3) is 1.00. The fourth-order valence-electron chi connectivity index (χ4n) is 2.45. The van der Waals surface area contributed by atoms with Crippen LogP contribution in [0.5, 0.6) is 0 Å². The van der Waals surface area contributed by atoms with Gasteiger partial charge in [0.2, 0.25) is 0 Å². The smallest absolute Gasteiger partial charge is 0.0628 e. The van der Waals surface area contributed by atoms with E-state index in [1.807, 2.05) is 0 Å². The van der Waals surface area contributed by atoms with E-state index in [4.69, 9.17) is 9.47 Å². The topological polar surface area (TPSA) is 33.7 Å². The van der Waals surface area contributed by atoms with Crippen LogP contribution in [0.15, 0.2) is 0 Å². The zero-order valence-corrected chi connectivity index (χ0v) is 13.6. The van der Waals surface area contributed by atoms with E-state index in [1.165, 1.54) is 12.8 Å². The van der Waals surface area contributed by atoms with Gasteiger partial charge in [0.15, 0.2) is 0 Å². The molecule has 0 rings (SSSR count). The molecule has 0 heterocycles. The zero-order valence-electron chi connectivity index (χ0n) is 13.6. The van der Waals surface area contributed by atoms with E-state index < -0.39 is 0 Å². The molecule has 0 radical (unpaired) electrons. The average Bonchev–Trinajstić information content (AvgIpc) is 2.43. The lowest BCUT2D eigenvalue weighted by Crippen LogP contribution is -2.48. The molecule has 1 N–H and O–H groups in total. The minimum absolute atomic E-state index is 0.405. The van der Waals surface area contributed by atoms with Gasteiger partial charge in [-0.15, -0.1) is 0 Å². The Hall–Kier alpha value is -0.160. The molecule has 116 valence electrons. The van der Waals surface area contributed by atoms with Crippen LogP contribution in [0.2, 0.25) is 0 Å². The SMILES string of the molecule is CCCNC(COC)CN(CCOC)C(CC)CC. The van der Waals surface area contributed by atoms with Crippen molar-refractivity contribution in [2.45, 2.75) is 52.1 Å². The van der Waals surface area contributed by atoms with Crippen molar-refractivity contribution in [1.82, 2.24) is 10.2 Å². The molecule has 0 spiro atoms. The number of hydrogen-bond donors (Lipinski definition) is 1. The van der Waals surface area contributed by atoms with Gasteiger partial charge in [-0.3, -0.25) is 4.90 Å². The van der Waals surface area contributed by atoms with Crippen LogP contribution in [-0.4, -0.2) is 64.1 Å². The predicted octanol–water partition coefficient (Wildman–Crippen LogP) is 2.14. The standard InChI is InChI=1S/C15H34N2O2/c1-6-9-16-14(13-19-5)12-17(10-11-18-4)15(7-2)8-3/h14-16H,6-13H2,1-5H3. The van der Waals surface area contributed by atoms with Crippen molar-refractivity contribution in [2.24, 2.45) is 0 Å². The molecule has 1 unspecified atom stereocenters. The number of rotatable bonds is 13. The molecule has 0 aromatic carbocycles. The lowest BCUT2D eigenvalue weighted by atomic mass is 10.1. The van der Waals surface area contributed by atoms with Crippen molar-refractivity contribution < 1.29 is 9.47 Å². The van der Waals surface area contributed by atoms with Gasteiger partial charge in [-0.05, 0) is 25.8 Å². The first-order chi connectivity index (χ1) is 9.23. The van der Waals surface area contributed by atoms with Crippen LogP contribution in [0.1, 0.15) is 40.0 Å². The highest BCUT2D eigenvalue weighted by Gasteiger charge is 2.19. The molecule has 0 fully saturated rings. The Labute approximate surface area is 119 Å². The van der Waals surface area contributed by atoms with Crippen LogP contribution >= 0.6 is 0 Å². The summed E-state index contributed by atoms with van der Waals surface area (Å²) in [5.41, 5.74) is 0. The highest BCUT2D eigenvalue weighted by molar-refractivity contribution is 4.76. The molecular weight excluding hydrogens is 240 g/mol. The Bertz CT molecular complexity index is 187. The lowest BCUT2D eigenvalue weighted by molar-refractivity contribution is 0.0860. The zero-order chi connectivity index (χ0) is 14.5. The summed E-state index contributed by atoms with van der Waals surface area (Å²) in [6, 6.07) is 1.04. The van der Waals surface area contributed by atoms with E-state index in [0.717, 1.165) is 39.3 Å². The van der Waals surface area contributed by atoms with E-state index in [9.17, 15) is 0 Å². The van der Waals surface area contributed by atoms with E-state index in [0.29, 0.717) is 12.1 Å². The Balaban J connectivity index is 4.43. The maximum atomic E-state index is 5.33. The molecule has 0 aliphatic heterocycles. The number of nitrogens with one attached hydrogen (secondary N) is 1. The van der Waals surface area contributed by atoms with E-state index in [-0.39, 0.29) is 0 Å². The van der Waals surface area contributed by atoms with Gasteiger partial charge in [0, 0.05) is 39.4 Å². The molecule has 0 saturated heterocycles. The van der Waals surface area contributed by atoms with Crippen molar-refractivity contribution in [3.63, 3.8) is 0 Å². The Morgan fingerprint density at radius 2 is 1.74 bits per heavy atom. The fourth-order valence-corrected chi connectivity index (χ4v) is 2.45. The largest absolute Gasteiger partial charge is 0.383 e.